The van der Waals surface area contributed by atoms with Gasteiger partial charge in [0.25, 0.3) is 0 Å². The predicted octanol–water partition coefficient (Wildman–Crippen LogP) is -1.09. The molecule has 6 heavy (non-hydrogen) atoms. The van der Waals surface area contributed by atoms with Crippen molar-refractivity contribution in [2.24, 2.45) is 0 Å². The Balaban J connectivity index is -0.0000000800. The van der Waals surface area contributed by atoms with E-state index in [1.807, 2.05) is 0 Å². The maximum atomic E-state index is 8.52. The van der Waals surface area contributed by atoms with Crippen LogP contribution in [0.5, 0.6) is 0 Å². The van der Waals surface area contributed by atoms with Crippen LogP contribution in [-0.2, 0) is 27.5 Å². The molecule has 0 amide bonds. The van der Waals surface area contributed by atoms with Crippen molar-refractivity contribution in [3.05, 3.63) is 0 Å². The van der Waals surface area contributed by atoms with E-state index in [1.54, 1.807) is 0 Å². The van der Waals surface area contributed by atoms with Gasteiger partial charge in [-0.3, -0.25) is 8.42 Å². The predicted molar refractivity (Wildman–Crippen MR) is 12.6 cm³/mol. The van der Waals surface area contributed by atoms with Crippen molar-refractivity contribution in [2.75, 3.05) is 0 Å². The Bertz CT molecular complexity index is 94.9. The molecule has 0 rings (SSSR count). The molecular weight excluding hydrogens is 152 g/mol. The fourth-order valence-corrected chi connectivity index (χ4v) is 0. The summed E-state index contributed by atoms with van der Waals surface area (Å²) in [6.07, 6.45) is 0. The average Bonchev–Trinajstić information content (AvgIpc) is 0.722. The third kappa shape index (κ3) is 332. The minimum atomic E-state index is -5.17. The molecule has 0 saturated carbocycles. The monoisotopic (exact) mass is 154 g/mol. The summed E-state index contributed by atoms with van der Waals surface area (Å²) in [6.45, 7) is 0. The van der Waals surface area contributed by atoms with Crippen molar-refractivity contribution < 1.29 is 36.0 Å². The van der Waals surface area contributed by atoms with Gasteiger partial charge in [-0.05, 0) is 0 Å². The van der Waals surface area contributed by atoms with Gasteiger partial charge in [0.05, 0.1) is 0 Å². The van der Waals surface area contributed by atoms with Gasteiger partial charge in [0.1, 0.15) is 0 Å². The quantitative estimate of drug-likeness (QED) is 0.252. The minimum Gasteiger partial charge on any atom is -0.759 e. The van der Waals surface area contributed by atoms with E-state index < -0.39 is 10.4 Å². The maximum absolute atomic E-state index is 8.52. The van der Waals surface area contributed by atoms with Crippen LogP contribution in [0, 0.1) is 0 Å². The number of rotatable bonds is 0. The third-order valence-corrected chi connectivity index (χ3v) is 0. The molecule has 0 heterocycles. The largest absolute Gasteiger partial charge is 2.00 e. The van der Waals surface area contributed by atoms with Gasteiger partial charge in [-0.2, -0.15) is 0 Å². The zero-order valence-electron chi connectivity index (χ0n) is 2.39. The molecule has 0 spiro atoms. The van der Waals surface area contributed by atoms with Gasteiger partial charge in [0, 0.05) is 11.8 Å². The first kappa shape index (κ1) is 9.63. The number of hydrogen-bond acceptors (Lipinski definition) is 4. The van der Waals surface area contributed by atoms with Gasteiger partial charge in [-0.15, -0.1) is 0 Å². The molecule has 0 atom stereocenters. The molecule has 0 bridgehead atoms. The van der Waals surface area contributed by atoms with Crippen LogP contribution in [0.2, 0.25) is 0 Å². The van der Waals surface area contributed by atoms with E-state index in [9.17, 15) is 0 Å². The summed E-state index contributed by atoms with van der Waals surface area (Å²) in [5.74, 6) is 0. The SMILES string of the molecule is O=S(=O)([O-])[O-].[Fe+2].[HH]. The molecule has 0 aliphatic carbocycles. The van der Waals surface area contributed by atoms with Crippen LogP contribution in [0.15, 0.2) is 0 Å². The maximum Gasteiger partial charge on any atom is 2.00 e. The standard InChI is InChI=1S/Fe.H2O4S.H2/c;1-5(2,3)4;/h;(H2,1,2,3,4);1H/q+2;;/p-2. The Morgan fingerprint density at radius 2 is 1.33 bits per heavy atom. The zero-order chi connectivity index (χ0) is 4.50. The topological polar surface area (TPSA) is 80.3 Å². The molecule has 6 heteroatoms. The molecule has 0 aliphatic rings. The van der Waals surface area contributed by atoms with Crippen molar-refractivity contribution in [3.8, 4) is 0 Å². The molecule has 0 radical (unpaired) electrons. The first-order valence-electron chi connectivity index (χ1n) is 0.667. The minimum absolute atomic E-state index is 0. The fraction of sp³-hybridized carbons (Fsp3) is 0. The Hall–Kier alpha value is 0.389. The first-order chi connectivity index (χ1) is 2.00. The van der Waals surface area contributed by atoms with Crippen LogP contribution in [-0.4, -0.2) is 17.5 Å². The van der Waals surface area contributed by atoms with Crippen molar-refractivity contribution in [2.45, 2.75) is 0 Å². The van der Waals surface area contributed by atoms with Crippen molar-refractivity contribution in [1.29, 1.82) is 0 Å². The first-order valence-corrected chi connectivity index (χ1v) is 2.00. The van der Waals surface area contributed by atoms with Gasteiger partial charge in [0.2, 0.25) is 0 Å². The molecule has 0 aromatic carbocycles. The van der Waals surface area contributed by atoms with Gasteiger partial charge in [0.15, 0.2) is 0 Å². The smallest absolute Gasteiger partial charge is 0.759 e. The molecule has 4 nitrogen and oxygen atoms in total. The van der Waals surface area contributed by atoms with E-state index >= 15 is 0 Å². The second kappa shape index (κ2) is 2.54. The van der Waals surface area contributed by atoms with Crippen LogP contribution in [0.3, 0.4) is 0 Å². The van der Waals surface area contributed by atoms with Crippen LogP contribution < -0.4 is 0 Å². The van der Waals surface area contributed by atoms with Crippen molar-refractivity contribution in [3.63, 3.8) is 0 Å². The average molecular weight is 154 g/mol. The summed E-state index contributed by atoms with van der Waals surface area (Å²) in [7, 11) is -5.17. The van der Waals surface area contributed by atoms with Crippen LogP contribution in [0.1, 0.15) is 1.43 Å². The van der Waals surface area contributed by atoms with Crippen LogP contribution in [0.4, 0.5) is 0 Å². The Morgan fingerprint density at radius 3 is 1.33 bits per heavy atom. The summed E-state index contributed by atoms with van der Waals surface area (Å²) in [4.78, 5) is 0. The Morgan fingerprint density at radius 1 is 1.33 bits per heavy atom. The normalized spacial score (nSPS) is 9.67. The van der Waals surface area contributed by atoms with Crippen molar-refractivity contribution in [1.82, 2.24) is 0 Å². The van der Waals surface area contributed by atoms with E-state index in [1.165, 1.54) is 0 Å². The second-order valence-corrected chi connectivity index (χ2v) is 1.22. The van der Waals surface area contributed by atoms with E-state index in [2.05, 4.69) is 0 Å². The molecule has 0 aromatic rings. The molecule has 0 aromatic heterocycles. The summed E-state index contributed by atoms with van der Waals surface area (Å²) >= 11 is 0. The molecule has 0 unspecified atom stereocenters. The van der Waals surface area contributed by atoms with Gasteiger partial charge in [-0.25, -0.2) is 0 Å². The second-order valence-electron chi connectivity index (χ2n) is 0.408. The van der Waals surface area contributed by atoms with Gasteiger partial charge in [-0.1, -0.05) is 0 Å². The molecule has 0 fully saturated rings. The summed E-state index contributed by atoms with van der Waals surface area (Å²) in [5.41, 5.74) is 0. The van der Waals surface area contributed by atoms with Crippen LogP contribution in [0.25, 0.3) is 0 Å². The fourth-order valence-electron chi connectivity index (χ4n) is 0. The van der Waals surface area contributed by atoms with Crippen LogP contribution >= 0.6 is 0 Å². The molecular formula is H2FeO4S. The Kier molecular flexibility index (Phi) is 4.08. The zero-order valence-corrected chi connectivity index (χ0v) is 4.32. The Labute approximate surface area is 47.1 Å². The molecule has 0 N–H and O–H groups in total. The molecule has 40 valence electrons. The van der Waals surface area contributed by atoms with E-state index in [0.29, 0.717) is 0 Å². The van der Waals surface area contributed by atoms with E-state index in [0.717, 1.165) is 0 Å². The number of hydrogen-bond donors (Lipinski definition) is 0. The van der Waals surface area contributed by atoms with E-state index in [-0.39, 0.29) is 18.5 Å². The van der Waals surface area contributed by atoms with Gasteiger partial charge >= 0.3 is 17.1 Å². The molecule has 0 saturated heterocycles. The third-order valence-electron chi connectivity index (χ3n) is 0. The summed E-state index contributed by atoms with van der Waals surface area (Å²) in [6, 6.07) is 0. The summed E-state index contributed by atoms with van der Waals surface area (Å²) < 4.78 is 34.1. The molecule has 0 aliphatic heterocycles. The van der Waals surface area contributed by atoms with Gasteiger partial charge < -0.3 is 9.11 Å². The summed E-state index contributed by atoms with van der Waals surface area (Å²) in [5, 5.41) is 0. The van der Waals surface area contributed by atoms with E-state index in [4.69, 9.17) is 17.5 Å². The van der Waals surface area contributed by atoms with Crippen molar-refractivity contribution >= 4 is 10.4 Å².